The predicted molar refractivity (Wildman–Crippen MR) is 78.0 cm³/mol. The molecule has 3 rings (SSSR count). The molecular weight excluding hydrogens is 307 g/mol. The number of aryl methyl sites for hydroxylation is 1. The lowest BCUT2D eigenvalue weighted by Crippen LogP contribution is -2.09. The van der Waals surface area contributed by atoms with Crippen molar-refractivity contribution in [2.45, 2.75) is 19.0 Å². The van der Waals surface area contributed by atoms with Crippen molar-refractivity contribution in [1.82, 2.24) is 4.98 Å². The minimum absolute atomic E-state index is 0.149. The van der Waals surface area contributed by atoms with Crippen LogP contribution >= 0.6 is 0 Å². The largest absolute Gasteiger partial charge is 0.478 e. The molecule has 1 aromatic carbocycles. The molecule has 1 aromatic heterocycles. The van der Waals surface area contributed by atoms with Gasteiger partial charge in [0.1, 0.15) is 5.69 Å². The molecule has 3 nitrogen and oxygen atoms in total. The normalized spacial score (nSPS) is 14.1. The Balaban J connectivity index is 2.03. The average Bonchev–Trinajstić information content (AvgIpc) is 2.53. The molecule has 0 atom stereocenters. The predicted octanol–water partition coefficient (Wildman–Crippen LogP) is 4.18. The highest BCUT2D eigenvalue weighted by Gasteiger charge is 2.32. The zero-order valence-corrected chi connectivity index (χ0v) is 11.9. The number of nitrogens with zero attached hydrogens (tertiary/aromatic N) is 1. The quantitative estimate of drug-likeness (QED) is 0.903. The summed E-state index contributed by atoms with van der Waals surface area (Å²) in [6.45, 7) is 0. The fraction of sp³-hybridized carbons (Fsp3) is 0.176. The van der Waals surface area contributed by atoms with Crippen LogP contribution in [0, 0.1) is 0 Å². The second-order valence-corrected chi connectivity index (χ2v) is 5.26. The Morgan fingerprint density at radius 1 is 1.17 bits per heavy atom. The number of pyridine rings is 1. The molecule has 1 N–H and O–H groups in total. The SMILES string of the molecule is O=C(O)c1ccc2c(c1)C(c1ccc(C(F)(F)F)nc1)=CCC2. The minimum Gasteiger partial charge on any atom is -0.478 e. The van der Waals surface area contributed by atoms with Gasteiger partial charge < -0.3 is 5.11 Å². The number of hydrogen-bond acceptors (Lipinski definition) is 2. The first-order valence-electron chi connectivity index (χ1n) is 6.96. The van der Waals surface area contributed by atoms with E-state index in [0.717, 1.165) is 35.6 Å². The minimum atomic E-state index is -4.48. The van der Waals surface area contributed by atoms with Gasteiger partial charge in [-0.05, 0) is 47.7 Å². The molecule has 0 fully saturated rings. The number of fused-ring (bicyclic) bond motifs is 1. The molecule has 6 heteroatoms. The van der Waals surface area contributed by atoms with E-state index < -0.39 is 17.8 Å². The molecule has 1 heterocycles. The molecule has 0 radical (unpaired) electrons. The second kappa shape index (κ2) is 5.53. The van der Waals surface area contributed by atoms with Crippen molar-refractivity contribution in [2.75, 3.05) is 0 Å². The van der Waals surface area contributed by atoms with E-state index in [-0.39, 0.29) is 5.56 Å². The number of carboxylic acids is 1. The Bertz CT molecular complexity index is 792. The fourth-order valence-electron chi connectivity index (χ4n) is 2.65. The number of allylic oxidation sites excluding steroid dienone is 1. The van der Waals surface area contributed by atoms with E-state index in [2.05, 4.69) is 4.98 Å². The van der Waals surface area contributed by atoms with Crippen molar-refractivity contribution < 1.29 is 23.1 Å². The van der Waals surface area contributed by atoms with Gasteiger partial charge >= 0.3 is 12.1 Å². The number of alkyl halides is 3. The number of rotatable bonds is 2. The number of carbonyl (C=O) groups is 1. The van der Waals surface area contributed by atoms with Gasteiger partial charge in [0.15, 0.2) is 0 Å². The molecule has 0 unspecified atom stereocenters. The molecule has 23 heavy (non-hydrogen) atoms. The Kier molecular flexibility index (Phi) is 3.67. The molecular formula is C17H12F3NO2. The van der Waals surface area contributed by atoms with Crippen molar-refractivity contribution in [1.29, 1.82) is 0 Å². The summed E-state index contributed by atoms with van der Waals surface area (Å²) in [5, 5.41) is 9.11. The summed E-state index contributed by atoms with van der Waals surface area (Å²) in [6.07, 6.45) is 0.117. The maximum Gasteiger partial charge on any atom is 0.433 e. The maximum atomic E-state index is 12.6. The molecule has 0 bridgehead atoms. The summed E-state index contributed by atoms with van der Waals surface area (Å²) in [4.78, 5) is 14.6. The summed E-state index contributed by atoms with van der Waals surface area (Å²) >= 11 is 0. The first-order chi connectivity index (χ1) is 10.9. The van der Waals surface area contributed by atoms with Crippen LogP contribution in [0.5, 0.6) is 0 Å². The van der Waals surface area contributed by atoms with Crippen molar-refractivity contribution in [3.8, 4) is 0 Å². The number of aromatic carboxylic acids is 1. The number of benzene rings is 1. The Morgan fingerprint density at radius 3 is 2.57 bits per heavy atom. The van der Waals surface area contributed by atoms with Crippen molar-refractivity contribution >= 4 is 11.5 Å². The first kappa shape index (κ1) is 15.3. The van der Waals surface area contributed by atoms with E-state index in [1.165, 1.54) is 18.3 Å². The zero-order chi connectivity index (χ0) is 16.6. The van der Waals surface area contributed by atoms with Crippen LogP contribution < -0.4 is 0 Å². The lowest BCUT2D eigenvalue weighted by atomic mass is 9.86. The lowest BCUT2D eigenvalue weighted by Gasteiger charge is -2.19. The Labute approximate surface area is 130 Å². The second-order valence-electron chi connectivity index (χ2n) is 5.26. The van der Waals surface area contributed by atoms with Crippen LogP contribution in [0.4, 0.5) is 13.2 Å². The number of halogens is 3. The van der Waals surface area contributed by atoms with Gasteiger partial charge in [0, 0.05) is 11.8 Å². The highest BCUT2D eigenvalue weighted by Crippen LogP contribution is 2.34. The zero-order valence-electron chi connectivity index (χ0n) is 11.9. The number of hydrogen-bond donors (Lipinski definition) is 1. The topological polar surface area (TPSA) is 50.2 Å². The summed E-state index contributed by atoms with van der Waals surface area (Å²) < 4.78 is 37.8. The third-order valence-corrected chi connectivity index (χ3v) is 3.77. The molecule has 1 aliphatic rings. The van der Waals surface area contributed by atoms with Crippen LogP contribution in [0.2, 0.25) is 0 Å². The highest BCUT2D eigenvalue weighted by molar-refractivity contribution is 5.91. The molecule has 0 amide bonds. The van der Waals surface area contributed by atoms with E-state index in [9.17, 15) is 18.0 Å². The Hall–Kier alpha value is -2.63. The third-order valence-electron chi connectivity index (χ3n) is 3.77. The summed E-state index contributed by atoms with van der Waals surface area (Å²) in [7, 11) is 0. The summed E-state index contributed by atoms with van der Waals surface area (Å²) in [5.41, 5.74) is 2.18. The molecule has 0 saturated carbocycles. The van der Waals surface area contributed by atoms with Crippen LogP contribution in [0.15, 0.2) is 42.6 Å². The van der Waals surface area contributed by atoms with Gasteiger partial charge in [0.25, 0.3) is 0 Å². The average molecular weight is 319 g/mol. The smallest absolute Gasteiger partial charge is 0.433 e. The van der Waals surface area contributed by atoms with E-state index in [0.29, 0.717) is 5.56 Å². The number of carboxylic acid groups (broad SMARTS) is 1. The van der Waals surface area contributed by atoms with Gasteiger partial charge in [0.05, 0.1) is 5.56 Å². The van der Waals surface area contributed by atoms with Crippen molar-refractivity contribution in [2.24, 2.45) is 0 Å². The van der Waals surface area contributed by atoms with Crippen LogP contribution in [0.25, 0.3) is 5.57 Å². The lowest BCUT2D eigenvalue weighted by molar-refractivity contribution is -0.141. The molecule has 0 spiro atoms. The van der Waals surface area contributed by atoms with Gasteiger partial charge in [-0.2, -0.15) is 13.2 Å². The molecule has 0 saturated heterocycles. The van der Waals surface area contributed by atoms with Crippen molar-refractivity contribution in [3.05, 3.63) is 70.6 Å². The highest BCUT2D eigenvalue weighted by atomic mass is 19.4. The van der Waals surface area contributed by atoms with Crippen LogP contribution in [0.1, 0.15) is 39.2 Å². The van der Waals surface area contributed by atoms with E-state index >= 15 is 0 Å². The fourth-order valence-corrected chi connectivity index (χ4v) is 2.65. The standard InChI is InChI=1S/C17H12F3NO2/c18-17(19,20)15-7-6-12(9-21-15)13-3-1-2-10-4-5-11(16(22)23)8-14(10)13/h3-9H,1-2H2,(H,22,23). The first-order valence-corrected chi connectivity index (χ1v) is 6.96. The molecule has 118 valence electrons. The third kappa shape index (κ3) is 2.97. The maximum absolute atomic E-state index is 12.6. The van der Waals surface area contributed by atoms with E-state index in [1.807, 2.05) is 6.08 Å². The van der Waals surface area contributed by atoms with Gasteiger partial charge in [-0.1, -0.05) is 18.2 Å². The van der Waals surface area contributed by atoms with Crippen LogP contribution in [0.3, 0.4) is 0 Å². The summed E-state index contributed by atoms with van der Waals surface area (Å²) in [5.74, 6) is -1.04. The van der Waals surface area contributed by atoms with Gasteiger partial charge in [-0.25, -0.2) is 4.79 Å². The van der Waals surface area contributed by atoms with Gasteiger partial charge in [-0.15, -0.1) is 0 Å². The van der Waals surface area contributed by atoms with Crippen LogP contribution in [-0.4, -0.2) is 16.1 Å². The van der Waals surface area contributed by atoms with E-state index in [4.69, 9.17) is 5.11 Å². The van der Waals surface area contributed by atoms with Crippen molar-refractivity contribution in [3.63, 3.8) is 0 Å². The van der Waals surface area contributed by atoms with Gasteiger partial charge in [0.2, 0.25) is 0 Å². The van der Waals surface area contributed by atoms with Crippen LogP contribution in [-0.2, 0) is 12.6 Å². The molecule has 0 aliphatic heterocycles. The monoisotopic (exact) mass is 319 g/mol. The van der Waals surface area contributed by atoms with E-state index in [1.54, 1.807) is 12.1 Å². The summed E-state index contributed by atoms with van der Waals surface area (Å²) in [6, 6.07) is 7.15. The van der Waals surface area contributed by atoms with Gasteiger partial charge in [-0.3, -0.25) is 4.98 Å². The molecule has 2 aromatic rings. The molecule has 1 aliphatic carbocycles. The Morgan fingerprint density at radius 2 is 1.96 bits per heavy atom. The number of aromatic nitrogens is 1.